The van der Waals surface area contributed by atoms with E-state index >= 15 is 0 Å². The Morgan fingerprint density at radius 3 is 2.78 bits per heavy atom. The second-order valence-electron chi connectivity index (χ2n) is 4.46. The average Bonchev–Trinajstić information content (AvgIpc) is 3.05. The third kappa shape index (κ3) is 3.35. The second kappa shape index (κ2) is 6.98. The molecule has 0 aliphatic rings. The number of aryl methyl sites for hydroxylation is 1. The number of aliphatic carboxylic acids is 1. The molecule has 23 heavy (non-hydrogen) atoms. The first kappa shape index (κ1) is 16.6. The Morgan fingerprint density at radius 2 is 2.26 bits per heavy atom. The molecular weight excluding hydrogens is 318 g/mol. The normalized spacial score (nSPS) is 10.1. The third-order valence-corrected chi connectivity index (χ3v) is 3.95. The van der Waals surface area contributed by atoms with Crippen LogP contribution in [0.1, 0.15) is 21.6 Å². The summed E-state index contributed by atoms with van der Waals surface area (Å²) in [6.45, 7) is 1.61. The minimum Gasteiger partial charge on any atom is -0.549 e. The fourth-order valence-corrected chi connectivity index (χ4v) is 2.83. The van der Waals surface area contributed by atoms with E-state index in [1.807, 2.05) is 6.07 Å². The summed E-state index contributed by atoms with van der Waals surface area (Å²) in [6, 6.07) is 5.24. The van der Waals surface area contributed by atoms with Crippen molar-refractivity contribution in [1.29, 1.82) is 5.26 Å². The van der Waals surface area contributed by atoms with E-state index in [0.717, 1.165) is 11.8 Å². The predicted molar refractivity (Wildman–Crippen MR) is 80.5 cm³/mol. The van der Waals surface area contributed by atoms with Crippen LogP contribution in [0.5, 0.6) is 0 Å². The molecule has 0 unspecified atom stereocenters. The molecule has 0 saturated carbocycles. The van der Waals surface area contributed by atoms with Gasteiger partial charge in [0.2, 0.25) is 0 Å². The summed E-state index contributed by atoms with van der Waals surface area (Å²) >= 11 is 0.864. The second-order valence-corrected chi connectivity index (χ2v) is 5.42. The van der Waals surface area contributed by atoms with Crippen molar-refractivity contribution in [2.24, 2.45) is 0 Å². The predicted octanol–water partition coefficient (Wildman–Crippen LogP) is 0.723. The summed E-state index contributed by atoms with van der Waals surface area (Å²) in [4.78, 5) is 27.1. The van der Waals surface area contributed by atoms with Crippen LogP contribution >= 0.6 is 11.8 Å². The largest absolute Gasteiger partial charge is 0.549 e. The Bertz CT molecular complexity index is 794. The number of carbonyl (C=O) groups is 2. The number of furan rings is 1. The highest BCUT2D eigenvalue weighted by Gasteiger charge is 2.25. The van der Waals surface area contributed by atoms with Gasteiger partial charge in [0.15, 0.2) is 0 Å². The van der Waals surface area contributed by atoms with E-state index in [-0.39, 0.29) is 21.9 Å². The van der Waals surface area contributed by atoms with Gasteiger partial charge in [0, 0.05) is 12.8 Å². The van der Waals surface area contributed by atoms with Gasteiger partial charge in [-0.1, -0.05) is 11.8 Å². The van der Waals surface area contributed by atoms with Crippen LogP contribution in [0.15, 0.2) is 27.8 Å². The van der Waals surface area contributed by atoms with E-state index in [4.69, 9.17) is 4.42 Å². The Kier molecular flexibility index (Phi) is 5.03. The quantitative estimate of drug-likeness (QED) is 0.802. The standard InChI is InChI=1S/C15H13N3O4S/c1-8-12(14(21)17-2)13(10-4-3-5-22-10)9(6-16)15(18-8)23-7-11(19)20/h3-5H,7H2,1-2H3,(H,17,21)(H,19,20)/p-1. The van der Waals surface area contributed by atoms with E-state index in [0.29, 0.717) is 17.0 Å². The molecule has 0 bridgehead atoms. The van der Waals surface area contributed by atoms with Crippen LogP contribution < -0.4 is 10.4 Å². The minimum atomic E-state index is -1.27. The van der Waals surface area contributed by atoms with Gasteiger partial charge in [-0.2, -0.15) is 5.26 Å². The van der Waals surface area contributed by atoms with E-state index in [1.54, 1.807) is 19.1 Å². The van der Waals surface area contributed by atoms with E-state index in [1.165, 1.54) is 13.3 Å². The number of thioether (sulfide) groups is 1. The van der Waals surface area contributed by atoms with Crippen LogP contribution in [-0.2, 0) is 4.79 Å². The van der Waals surface area contributed by atoms with Gasteiger partial charge in [-0.3, -0.25) is 4.79 Å². The van der Waals surface area contributed by atoms with Crippen molar-refractivity contribution in [2.45, 2.75) is 11.9 Å². The molecule has 0 aromatic carbocycles. The molecule has 1 amide bonds. The highest BCUT2D eigenvalue weighted by atomic mass is 32.2. The Balaban J connectivity index is 2.73. The molecule has 1 N–H and O–H groups in total. The number of rotatable bonds is 5. The lowest BCUT2D eigenvalue weighted by Crippen LogP contribution is -2.25. The summed E-state index contributed by atoms with van der Waals surface area (Å²) in [6.07, 6.45) is 1.42. The van der Waals surface area contributed by atoms with Gasteiger partial charge in [0.05, 0.1) is 34.6 Å². The van der Waals surface area contributed by atoms with Crippen molar-refractivity contribution in [2.75, 3.05) is 12.8 Å². The van der Waals surface area contributed by atoms with Crippen molar-refractivity contribution in [1.82, 2.24) is 10.3 Å². The maximum absolute atomic E-state index is 12.2. The summed E-state index contributed by atoms with van der Waals surface area (Å²) < 4.78 is 5.34. The zero-order valence-corrected chi connectivity index (χ0v) is 13.2. The van der Waals surface area contributed by atoms with Crippen molar-refractivity contribution in [3.8, 4) is 17.4 Å². The van der Waals surface area contributed by atoms with E-state index in [2.05, 4.69) is 10.3 Å². The number of nitriles is 1. The number of nitrogens with zero attached hydrogens (tertiary/aromatic N) is 2. The van der Waals surface area contributed by atoms with Crippen molar-refractivity contribution in [3.63, 3.8) is 0 Å². The molecule has 0 saturated heterocycles. The van der Waals surface area contributed by atoms with E-state index < -0.39 is 11.9 Å². The van der Waals surface area contributed by atoms with Crippen LogP contribution in [0.3, 0.4) is 0 Å². The first-order chi connectivity index (χ1) is 11.0. The third-order valence-electron chi connectivity index (χ3n) is 3.01. The molecule has 0 atom stereocenters. The summed E-state index contributed by atoms with van der Waals surface area (Å²) in [5, 5.41) is 22.9. The lowest BCUT2D eigenvalue weighted by Gasteiger charge is -2.14. The number of nitrogens with one attached hydrogen (secondary N) is 1. The van der Waals surface area contributed by atoms with E-state index in [9.17, 15) is 20.0 Å². The molecule has 2 rings (SSSR count). The fraction of sp³-hybridized carbons (Fsp3) is 0.200. The highest BCUT2D eigenvalue weighted by molar-refractivity contribution is 7.99. The topological polar surface area (TPSA) is 119 Å². The molecule has 8 heteroatoms. The minimum absolute atomic E-state index is 0.0930. The van der Waals surface area contributed by atoms with Gasteiger partial charge in [-0.25, -0.2) is 4.98 Å². The van der Waals surface area contributed by atoms with Crippen LogP contribution in [0, 0.1) is 18.3 Å². The van der Waals surface area contributed by atoms with Crippen molar-refractivity contribution < 1.29 is 19.1 Å². The van der Waals surface area contributed by atoms with Gasteiger partial charge >= 0.3 is 0 Å². The summed E-state index contributed by atoms with van der Waals surface area (Å²) in [5.74, 6) is -1.69. The zero-order valence-electron chi connectivity index (χ0n) is 12.4. The first-order valence-corrected chi connectivity index (χ1v) is 7.51. The Hall–Kier alpha value is -2.79. The Morgan fingerprint density at radius 1 is 1.52 bits per heavy atom. The molecular formula is C15H12N3O4S-. The fourth-order valence-electron chi connectivity index (χ4n) is 2.08. The number of carboxylic acid groups (broad SMARTS) is 1. The molecule has 0 fully saturated rings. The summed E-state index contributed by atoms with van der Waals surface area (Å²) in [5.41, 5.74) is 0.980. The maximum Gasteiger partial charge on any atom is 0.253 e. The molecule has 0 aliphatic carbocycles. The first-order valence-electron chi connectivity index (χ1n) is 6.52. The van der Waals surface area contributed by atoms with Gasteiger partial charge in [-0.15, -0.1) is 0 Å². The SMILES string of the molecule is CNC(=O)c1c(C)nc(SCC(=O)[O-])c(C#N)c1-c1ccco1. The molecule has 2 aromatic rings. The smallest absolute Gasteiger partial charge is 0.253 e. The molecule has 0 aliphatic heterocycles. The molecule has 118 valence electrons. The Labute approximate surface area is 136 Å². The van der Waals surface area contributed by atoms with Crippen LogP contribution in [0.25, 0.3) is 11.3 Å². The van der Waals surface area contributed by atoms with Crippen molar-refractivity contribution >= 4 is 23.6 Å². The number of carbonyl (C=O) groups excluding carboxylic acids is 2. The van der Waals surface area contributed by atoms with Gasteiger partial charge in [0.1, 0.15) is 16.9 Å². The number of amides is 1. The van der Waals surface area contributed by atoms with Gasteiger partial charge in [-0.05, 0) is 19.1 Å². The molecule has 7 nitrogen and oxygen atoms in total. The average molecular weight is 330 g/mol. The van der Waals surface area contributed by atoms with Gasteiger partial charge in [0.25, 0.3) is 5.91 Å². The lowest BCUT2D eigenvalue weighted by atomic mass is 9.99. The zero-order chi connectivity index (χ0) is 17.0. The van der Waals surface area contributed by atoms with Gasteiger partial charge < -0.3 is 19.6 Å². The number of aromatic nitrogens is 1. The maximum atomic E-state index is 12.2. The monoisotopic (exact) mass is 330 g/mol. The molecule has 2 heterocycles. The van der Waals surface area contributed by atoms with Crippen LogP contribution in [0.4, 0.5) is 0 Å². The number of pyridine rings is 1. The summed E-state index contributed by atoms with van der Waals surface area (Å²) in [7, 11) is 1.47. The number of hydrogen-bond acceptors (Lipinski definition) is 7. The highest BCUT2D eigenvalue weighted by Crippen LogP contribution is 2.34. The molecule has 0 spiro atoms. The van der Waals surface area contributed by atoms with Crippen LogP contribution in [-0.4, -0.2) is 29.7 Å². The van der Waals surface area contributed by atoms with Crippen LogP contribution in [0.2, 0.25) is 0 Å². The van der Waals surface area contributed by atoms with Crippen molar-refractivity contribution in [3.05, 3.63) is 35.2 Å². The number of carboxylic acids is 1. The molecule has 0 radical (unpaired) electrons. The lowest BCUT2D eigenvalue weighted by molar-refractivity contribution is -0.301. The number of hydrogen-bond donors (Lipinski definition) is 1. The molecule has 2 aromatic heterocycles.